The van der Waals surface area contributed by atoms with Crippen molar-refractivity contribution in [2.75, 3.05) is 31.2 Å². The lowest BCUT2D eigenvalue weighted by molar-refractivity contribution is 0.123. The topological polar surface area (TPSA) is 87.0 Å². The third-order valence-electron chi connectivity index (χ3n) is 5.78. The normalized spacial score (nSPS) is 14.3. The maximum absolute atomic E-state index is 6.09. The van der Waals surface area contributed by atoms with E-state index in [0.717, 1.165) is 41.1 Å². The Morgan fingerprint density at radius 1 is 1.00 bits per heavy atom. The number of pyridine rings is 1. The first-order valence-corrected chi connectivity index (χ1v) is 10.9. The minimum atomic E-state index is 0.473. The first kappa shape index (κ1) is 19.7. The summed E-state index contributed by atoms with van der Waals surface area (Å²) >= 11 is 0. The number of rotatable bonds is 4. The van der Waals surface area contributed by atoms with E-state index in [4.69, 9.17) is 24.2 Å². The maximum Gasteiger partial charge on any atom is 0.251 e. The van der Waals surface area contributed by atoms with Crippen molar-refractivity contribution in [1.82, 2.24) is 29.5 Å². The van der Waals surface area contributed by atoms with Crippen LogP contribution in [0.5, 0.6) is 0 Å². The van der Waals surface area contributed by atoms with E-state index in [1.165, 1.54) is 5.56 Å². The molecule has 166 valence electrons. The molecule has 0 bridgehead atoms. The fourth-order valence-electron chi connectivity index (χ4n) is 4.11. The molecule has 1 aromatic carbocycles. The van der Waals surface area contributed by atoms with Gasteiger partial charge in [-0.2, -0.15) is 15.2 Å². The highest BCUT2D eigenvalue weighted by Crippen LogP contribution is 2.32. The SMILES string of the molecule is Cc1cccc(-c2ccn(-c3cc(N4CCOCC4)c4nc(-c5cnn(C)c5)oc4n3)n2)c1. The molecule has 0 amide bonds. The summed E-state index contributed by atoms with van der Waals surface area (Å²) in [5.41, 5.74) is 6.13. The molecule has 0 saturated carbocycles. The van der Waals surface area contributed by atoms with E-state index in [0.29, 0.717) is 30.6 Å². The predicted octanol–water partition coefficient (Wildman–Crippen LogP) is 3.62. The van der Waals surface area contributed by atoms with Crippen molar-refractivity contribution in [2.24, 2.45) is 7.05 Å². The van der Waals surface area contributed by atoms with Crippen LogP contribution in [-0.2, 0) is 11.8 Å². The van der Waals surface area contributed by atoms with E-state index < -0.39 is 0 Å². The van der Waals surface area contributed by atoms with Gasteiger partial charge in [-0.25, -0.2) is 9.67 Å². The molecule has 5 heterocycles. The first-order chi connectivity index (χ1) is 16.1. The molecule has 0 unspecified atom stereocenters. The number of aryl methyl sites for hydroxylation is 2. The molecular formula is C24H23N7O2. The number of ether oxygens (including phenoxy) is 1. The van der Waals surface area contributed by atoms with Crippen LogP contribution in [0.3, 0.4) is 0 Å². The smallest absolute Gasteiger partial charge is 0.251 e. The summed E-state index contributed by atoms with van der Waals surface area (Å²) in [4.78, 5) is 11.8. The molecule has 0 spiro atoms. The maximum atomic E-state index is 6.09. The van der Waals surface area contributed by atoms with Crippen LogP contribution in [0.25, 0.3) is 39.8 Å². The van der Waals surface area contributed by atoms with Crippen LogP contribution < -0.4 is 4.90 Å². The van der Waals surface area contributed by atoms with Gasteiger partial charge in [0, 0.05) is 44.2 Å². The average Bonchev–Trinajstić information content (AvgIpc) is 3.58. The molecule has 6 rings (SSSR count). The Kier molecular flexibility index (Phi) is 4.69. The van der Waals surface area contributed by atoms with Gasteiger partial charge in [0.15, 0.2) is 11.3 Å². The van der Waals surface area contributed by atoms with E-state index in [1.807, 2.05) is 37.6 Å². The van der Waals surface area contributed by atoms with E-state index >= 15 is 0 Å². The van der Waals surface area contributed by atoms with Crippen molar-refractivity contribution in [2.45, 2.75) is 6.92 Å². The van der Waals surface area contributed by atoms with E-state index in [9.17, 15) is 0 Å². The van der Waals surface area contributed by atoms with Crippen LogP contribution in [0.1, 0.15) is 5.56 Å². The summed E-state index contributed by atoms with van der Waals surface area (Å²) < 4.78 is 15.2. The number of nitrogens with zero attached hydrogens (tertiary/aromatic N) is 7. The Morgan fingerprint density at radius 2 is 1.88 bits per heavy atom. The molecule has 4 aromatic heterocycles. The second kappa shape index (κ2) is 7.86. The first-order valence-electron chi connectivity index (χ1n) is 10.9. The van der Waals surface area contributed by atoms with Gasteiger partial charge >= 0.3 is 0 Å². The average molecular weight is 441 g/mol. The van der Waals surface area contributed by atoms with Crippen molar-refractivity contribution < 1.29 is 9.15 Å². The van der Waals surface area contributed by atoms with Crippen LogP contribution in [0, 0.1) is 6.92 Å². The van der Waals surface area contributed by atoms with Gasteiger partial charge in [0.1, 0.15) is 0 Å². The summed E-state index contributed by atoms with van der Waals surface area (Å²) in [6, 6.07) is 12.3. The molecule has 1 fully saturated rings. The van der Waals surface area contributed by atoms with E-state index in [1.54, 1.807) is 15.6 Å². The lowest BCUT2D eigenvalue weighted by atomic mass is 10.1. The zero-order chi connectivity index (χ0) is 22.4. The monoisotopic (exact) mass is 441 g/mol. The third kappa shape index (κ3) is 3.66. The number of oxazole rings is 1. The molecule has 0 aliphatic carbocycles. The van der Waals surface area contributed by atoms with Crippen LogP contribution in [-0.4, -0.2) is 55.8 Å². The highest BCUT2D eigenvalue weighted by molar-refractivity contribution is 5.88. The molecular weight excluding hydrogens is 418 g/mol. The summed E-state index contributed by atoms with van der Waals surface area (Å²) in [5, 5.41) is 9.02. The number of hydrogen-bond donors (Lipinski definition) is 0. The van der Waals surface area contributed by atoms with Gasteiger partial charge < -0.3 is 14.1 Å². The van der Waals surface area contributed by atoms with E-state index in [-0.39, 0.29) is 0 Å². The quantitative estimate of drug-likeness (QED) is 0.421. The van der Waals surface area contributed by atoms with Crippen LogP contribution >= 0.6 is 0 Å². The molecule has 5 aromatic rings. The number of morpholine rings is 1. The molecule has 1 aliphatic heterocycles. The molecule has 0 N–H and O–H groups in total. The van der Waals surface area contributed by atoms with Crippen molar-refractivity contribution in [3.8, 4) is 28.5 Å². The summed E-state index contributed by atoms with van der Waals surface area (Å²) in [7, 11) is 1.87. The second-order valence-electron chi connectivity index (χ2n) is 8.19. The summed E-state index contributed by atoms with van der Waals surface area (Å²) in [6.07, 6.45) is 5.54. The Hall–Kier alpha value is -3.98. The molecule has 9 nitrogen and oxygen atoms in total. The molecule has 9 heteroatoms. The molecule has 33 heavy (non-hydrogen) atoms. The lowest BCUT2D eigenvalue weighted by Gasteiger charge is -2.28. The van der Waals surface area contributed by atoms with Crippen molar-refractivity contribution >= 4 is 16.9 Å². The Balaban J connectivity index is 1.47. The van der Waals surface area contributed by atoms with Crippen molar-refractivity contribution in [1.29, 1.82) is 0 Å². The highest BCUT2D eigenvalue weighted by Gasteiger charge is 2.22. The van der Waals surface area contributed by atoms with Gasteiger partial charge in [-0.1, -0.05) is 23.8 Å². The number of aromatic nitrogens is 6. The molecule has 1 aliphatic rings. The Morgan fingerprint density at radius 3 is 2.67 bits per heavy atom. The summed E-state index contributed by atoms with van der Waals surface area (Å²) in [6.45, 7) is 4.98. The largest absolute Gasteiger partial charge is 0.417 e. The van der Waals surface area contributed by atoms with Gasteiger partial charge in [-0.15, -0.1) is 0 Å². The van der Waals surface area contributed by atoms with E-state index in [2.05, 4.69) is 35.1 Å². The van der Waals surface area contributed by atoms with Gasteiger partial charge in [0.05, 0.1) is 36.4 Å². The Bertz CT molecular complexity index is 1440. The highest BCUT2D eigenvalue weighted by atomic mass is 16.5. The fraction of sp³-hybridized carbons (Fsp3) is 0.250. The summed E-state index contributed by atoms with van der Waals surface area (Å²) in [5.74, 6) is 1.18. The standard InChI is InChI=1S/C24H23N7O2/c1-16-4-3-5-17(12-16)19-6-7-31(28-19)21-13-20(30-8-10-32-11-9-30)22-24(26-21)33-23(27-22)18-14-25-29(2)15-18/h3-7,12-15H,8-11H2,1-2H3. The van der Waals surface area contributed by atoms with Crippen LogP contribution in [0.2, 0.25) is 0 Å². The van der Waals surface area contributed by atoms with Crippen LogP contribution in [0.15, 0.2) is 59.4 Å². The van der Waals surface area contributed by atoms with Gasteiger partial charge in [0.25, 0.3) is 5.71 Å². The molecule has 0 atom stereocenters. The zero-order valence-corrected chi connectivity index (χ0v) is 18.5. The minimum Gasteiger partial charge on any atom is -0.417 e. The second-order valence-corrected chi connectivity index (χ2v) is 8.19. The number of hydrogen-bond acceptors (Lipinski definition) is 7. The lowest BCUT2D eigenvalue weighted by Crippen LogP contribution is -2.36. The minimum absolute atomic E-state index is 0.473. The number of fused-ring (bicyclic) bond motifs is 1. The van der Waals surface area contributed by atoms with Gasteiger partial charge in [-0.05, 0) is 19.1 Å². The Labute approximate surface area is 190 Å². The number of benzene rings is 1. The van der Waals surface area contributed by atoms with Crippen molar-refractivity contribution in [3.05, 3.63) is 60.6 Å². The van der Waals surface area contributed by atoms with Crippen LogP contribution in [0.4, 0.5) is 5.69 Å². The molecule has 0 radical (unpaired) electrons. The third-order valence-corrected chi connectivity index (χ3v) is 5.78. The fourth-order valence-corrected chi connectivity index (χ4v) is 4.11. The molecule has 1 saturated heterocycles. The predicted molar refractivity (Wildman–Crippen MR) is 124 cm³/mol. The van der Waals surface area contributed by atoms with Gasteiger partial charge in [-0.3, -0.25) is 4.68 Å². The zero-order valence-electron chi connectivity index (χ0n) is 18.5. The van der Waals surface area contributed by atoms with Gasteiger partial charge in [0.2, 0.25) is 5.89 Å². The van der Waals surface area contributed by atoms with Crippen molar-refractivity contribution in [3.63, 3.8) is 0 Å². The number of anilines is 1.